The van der Waals surface area contributed by atoms with Crippen molar-refractivity contribution in [2.24, 2.45) is 0 Å². The van der Waals surface area contributed by atoms with Crippen molar-refractivity contribution in [2.75, 3.05) is 0 Å². The summed E-state index contributed by atoms with van der Waals surface area (Å²) < 4.78 is 4.39. The topological polar surface area (TPSA) is 142 Å². The molecule has 60 heavy (non-hydrogen) atoms. The molecule has 0 amide bonds. The molecule has 0 spiro atoms. The number of fused-ring (bicyclic) bond motifs is 6. The Morgan fingerprint density at radius 3 is 1.23 bits per heavy atom. The Balaban J connectivity index is 1.27. The minimum absolute atomic E-state index is 0.415. The Kier molecular flexibility index (Phi) is 8.23. The van der Waals surface area contributed by atoms with Crippen LogP contribution in [0.3, 0.4) is 0 Å². The maximum atomic E-state index is 10.6. The van der Waals surface area contributed by atoms with Crippen molar-refractivity contribution in [3.8, 4) is 75.1 Å². The molecule has 0 N–H and O–H groups in total. The highest BCUT2D eigenvalue weighted by Crippen LogP contribution is 2.43. The molecule has 0 saturated carbocycles. The second kappa shape index (κ2) is 14.0. The Morgan fingerprint density at radius 1 is 0.367 bits per heavy atom. The van der Waals surface area contributed by atoms with Crippen molar-refractivity contribution in [3.05, 3.63) is 186 Å². The van der Waals surface area contributed by atoms with E-state index in [9.17, 15) is 26.3 Å². The van der Waals surface area contributed by atoms with E-state index < -0.39 is 0 Å². The first-order valence-electron chi connectivity index (χ1n) is 19.0. The summed E-state index contributed by atoms with van der Waals surface area (Å²) in [5, 5.41) is 53.4. The molecule has 0 aliphatic carbocycles. The number of para-hydroxylation sites is 2. The number of pyridine rings is 1. The van der Waals surface area contributed by atoms with Crippen LogP contribution in [-0.4, -0.2) is 14.1 Å². The molecular formula is C52H26N8. The van der Waals surface area contributed by atoms with Crippen LogP contribution in [0, 0.1) is 56.7 Å². The van der Waals surface area contributed by atoms with Gasteiger partial charge in [0.05, 0.1) is 104 Å². The SMILES string of the molecule is N#Cc1cc(C#N)cc(-c2ccc3c(c2)c2ccccc2n3-c2cncc(-n3c4ccccc4c4cc(-c5cc(C#N)cc(C#N)c5)ccc43)c2-c2ccccc2C#N)c1. The largest absolute Gasteiger partial charge is 0.307 e. The van der Waals surface area contributed by atoms with E-state index in [2.05, 4.69) is 88.0 Å². The zero-order valence-electron chi connectivity index (χ0n) is 31.6. The first kappa shape index (κ1) is 35.2. The summed E-state index contributed by atoms with van der Waals surface area (Å²) in [4.78, 5) is 4.93. The van der Waals surface area contributed by atoms with Crippen LogP contribution < -0.4 is 0 Å². The van der Waals surface area contributed by atoms with Crippen molar-refractivity contribution < 1.29 is 0 Å². The maximum absolute atomic E-state index is 10.6. The van der Waals surface area contributed by atoms with Crippen LogP contribution in [0.5, 0.6) is 0 Å². The average molecular weight is 763 g/mol. The highest BCUT2D eigenvalue weighted by atomic mass is 15.0. The Hall–Kier alpha value is -9.26. The molecule has 274 valence electrons. The van der Waals surface area contributed by atoms with Gasteiger partial charge < -0.3 is 9.13 Å². The lowest BCUT2D eigenvalue weighted by Crippen LogP contribution is -2.05. The van der Waals surface area contributed by atoms with Crippen molar-refractivity contribution in [1.29, 1.82) is 26.3 Å². The highest BCUT2D eigenvalue weighted by Gasteiger charge is 2.24. The van der Waals surface area contributed by atoms with Crippen molar-refractivity contribution in [2.45, 2.75) is 0 Å². The quantitative estimate of drug-likeness (QED) is 0.171. The lowest BCUT2D eigenvalue weighted by atomic mass is 9.97. The monoisotopic (exact) mass is 762 g/mol. The number of aromatic nitrogens is 3. The normalized spacial score (nSPS) is 10.9. The number of hydrogen-bond donors (Lipinski definition) is 0. The molecule has 0 fully saturated rings. The fourth-order valence-corrected chi connectivity index (χ4v) is 8.52. The van der Waals surface area contributed by atoms with Gasteiger partial charge >= 0.3 is 0 Å². The van der Waals surface area contributed by atoms with Crippen LogP contribution in [0.2, 0.25) is 0 Å². The van der Waals surface area contributed by atoms with Gasteiger partial charge in [0.25, 0.3) is 0 Å². The molecule has 8 heteroatoms. The van der Waals surface area contributed by atoms with Gasteiger partial charge in [-0.25, -0.2) is 0 Å². The number of hydrogen-bond acceptors (Lipinski definition) is 6. The van der Waals surface area contributed by atoms with Gasteiger partial charge in [-0.05, 0) is 101 Å². The number of nitrogens with zero attached hydrogens (tertiary/aromatic N) is 8. The molecule has 3 aromatic heterocycles. The summed E-state index contributed by atoms with van der Waals surface area (Å²) in [6, 6.07) is 57.8. The minimum atomic E-state index is 0.415. The molecule has 0 radical (unpaired) electrons. The molecule has 7 aromatic carbocycles. The maximum Gasteiger partial charge on any atom is 0.0998 e. The van der Waals surface area contributed by atoms with Gasteiger partial charge in [0.2, 0.25) is 0 Å². The molecule has 0 saturated heterocycles. The van der Waals surface area contributed by atoms with Crippen molar-refractivity contribution >= 4 is 43.6 Å². The molecule has 10 rings (SSSR count). The zero-order chi connectivity index (χ0) is 40.9. The van der Waals surface area contributed by atoms with Crippen LogP contribution in [0.1, 0.15) is 27.8 Å². The summed E-state index contributed by atoms with van der Waals surface area (Å²) in [6.45, 7) is 0. The van der Waals surface area contributed by atoms with E-state index in [0.717, 1.165) is 88.4 Å². The zero-order valence-corrected chi connectivity index (χ0v) is 31.6. The van der Waals surface area contributed by atoms with E-state index in [4.69, 9.17) is 4.98 Å². The molecule has 8 nitrogen and oxygen atoms in total. The van der Waals surface area contributed by atoms with Gasteiger partial charge in [0, 0.05) is 32.7 Å². The van der Waals surface area contributed by atoms with E-state index in [0.29, 0.717) is 27.8 Å². The third-order valence-corrected chi connectivity index (χ3v) is 11.1. The van der Waals surface area contributed by atoms with Crippen LogP contribution in [0.25, 0.3) is 88.4 Å². The summed E-state index contributed by atoms with van der Waals surface area (Å²) in [7, 11) is 0. The van der Waals surface area contributed by atoms with Gasteiger partial charge in [-0.2, -0.15) is 26.3 Å². The van der Waals surface area contributed by atoms with Crippen molar-refractivity contribution in [3.63, 3.8) is 0 Å². The standard InChI is InChI=1S/C52H26N8/c53-25-32-17-33(26-54)20-39(19-32)36-13-15-48-44(23-36)42-9-3-5-11-46(42)59(48)50-30-58-31-51(52(50)41-8-2-1-7-38(41)29-57)60-47-12-6-4-10-43(47)45-24-37(14-16-49(45)60)40-21-34(27-55)18-35(22-40)28-56/h1-24,30-31H. The molecular weight excluding hydrogens is 737 g/mol. The number of benzene rings is 7. The van der Waals surface area contributed by atoms with E-state index in [1.807, 2.05) is 73.1 Å². The minimum Gasteiger partial charge on any atom is -0.307 e. The van der Waals surface area contributed by atoms with E-state index in [1.54, 1.807) is 36.4 Å². The molecule has 0 aliphatic rings. The second-order valence-electron chi connectivity index (χ2n) is 14.4. The summed E-state index contributed by atoms with van der Waals surface area (Å²) >= 11 is 0. The average Bonchev–Trinajstić information content (AvgIpc) is 3.82. The van der Waals surface area contributed by atoms with Gasteiger partial charge in [-0.15, -0.1) is 0 Å². The molecule has 0 aliphatic heterocycles. The predicted octanol–water partition coefficient (Wildman–Crippen LogP) is 11.6. The van der Waals surface area contributed by atoms with E-state index >= 15 is 0 Å². The van der Waals surface area contributed by atoms with Gasteiger partial charge in [0.1, 0.15) is 0 Å². The van der Waals surface area contributed by atoms with Crippen LogP contribution >= 0.6 is 0 Å². The first-order valence-corrected chi connectivity index (χ1v) is 19.0. The fourth-order valence-electron chi connectivity index (χ4n) is 8.52. The Morgan fingerprint density at radius 2 is 0.783 bits per heavy atom. The van der Waals surface area contributed by atoms with Gasteiger partial charge in [-0.1, -0.05) is 66.7 Å². The predicted molar refractivity (Wildman–Crippen MR) is 233 cm³/mol. The fraction of sp³-hybridized carbons (Fsp3) is 0. The Labute approximate surface area is 343 Å². The van der Waals surface area contributed by atoms with Gasteiger partial charge in [-0.3, -0.25) is 4.98 Å². The second-order valence-corrected chi connectivity index (χ2v) is 14.4. The molecule has 3 heterocycles. The number of rotatable bonds is 5. The summed E-state index contributed by atoms with van der Waals surface area (Å²) in [5.41, 5.74) is 12.2. The Bertz CT molecular complexity index is 3400. The van der Waals surface area contributed by atoms with Gasteiger partial charge in [0.15, 0.2) is 0 Å². The molecule has 10 aromatic rings. The van der Waals surface area contributed by atoms with Crippen LogP contribution in [0.4, 0.5) is 0 Å². The molecule has 0 atom stereocenters. The summed E-state index contributed by atoms with van der Waals surface area (Å²) in [6.07, 6.45) is 3.70. The van der Waals surface area contributed by atoms with E-state index in [-0.39, 0.29) is 0 Å². The third kappa shape index (κ3) is 5.53. The van der Waals surface area contributed by atoms with Crippen LogP contribution in [-0.2, 0) is 0 Å². The van der Waals surface area contributed by atoms with Crippen molar-refractivity contribution in [1.82, 2.24) is 14.1 Å². The molecule has 0 bridgehead atoms. The lowest BCUT2D eigenvalue weighted by molar-refractivity contribution is 1.09. The summed E-state index contributed by atoms with van der Waals surface area (Å²) in [5.74, 6) is 0. The highest BCUT2D eigenvalue weighted by molar-refractivity contribution is 6.13. The van der Waals surface area contributed by atoms with Crippen LogP contribution in [0.15, 0.2) is 158 Å². The smallest absolute Gasteiger partial charge is 0.0998 e. The number of nitriles is 5. The lowest BCUT2D eigenvalue weighted by Gasteiger charge is -2.20. The van der Waals surface area contributed by atoms with E-state index in [1.165, 1.54) is 0 Å². The third-order valence-electron chi connectivity index (χ3n) is 11.1. The first-order chi connectivity index (χ1) is 29.5. The molecule has 0 unspecified atom stereocenters.